The molecule has 0 saturated carbocycles. The molecule has 1 aromatic carbocycles. The zero-order chi connectivity index (χ0) is 10.2. The Morgan fingerprint density at radius 1 is 1.14 bits per heavy atom. The number of halogens is 3. The fourth-order valence-electron chi connectivity index (χ4n) is 1.39. The summed E-state index contributed by atoms with van der Waals surface area (Å²) in [5.41, 5.74) is 0.885. The van der Waals surface area contributed by atoms with Gasteiger partial charge in [0, 0.05) is 17.1 Å². The van der Waals surface area contributed by atoms with Crippen molar-refractivity contribution in [1.29, 1.82) is 0 Å². The molecular weight excluding hydrogens is 191 g/mol. The molecule has 2 aromatic rings. The van der Waals surface area contributed by atoms with E-state index in [0.29, 0.717) is 17.3 Å². The summed E-state index contributed by atoms with van der Waals surface area (Å²) >= 11 is 0. The molecule has 73 valence electrons. The lowest BCUT2D eigenvalue weighted by Crippen LogP contribution is -2.08. The molecule has 0 aliphatic rings. The van der Waals surface area contributed by atoms with E-state index >= 15 is 0 Å². The van der Waals surface area contributed by atoms with Crippen molar-refractivity contribution in [2.24, 2.45) is 0 Å². The molecule has 0 saturated heterocycles. The Hall–Kier alpha value is -1.45. The predicted molar refractivity (Wildman–Crippen MR) is 47.8 cm³/mol. The summed E-state index contributed by atoms with van der Waals surface area (Å²) in [6.45, 7) is 0. The second-order valence-corrected chi connectivity index (χ2v) is 2.98. The third-order valence-electron chi connectivity index (χ3n) is 1.94. The van der Waals surface area contributed by atoms with Crippen LogP contribution in [0.15, 0.2) is 30.5 Å². The Bertz CT molecular complexity index is 442. The lowest BCUT2D eigenvalue weighted by Gasteiger charge is -2.03. The van der Waals surface area contributed by atoms with Crippen LogP contribution in [-0.4, -0.2) is 11.2 Å². The molecule has 1 radical (unpaired) electrons. The predicted octanol–water partition coefficient (Wildman–Crippen LogP) is 3.28. The average Bonchev–Trinajstić information content (AvgIpc) is 2.47. The van der Waals surface area contributed by atoms with Gasteiger partial charge in [-0.25, -0.2) is 0 Å². The Balaban J connectivity index is 2.44. The number of fused-ring (bicyclic) bond motifs is 1. The van der Waals surface area contributed by atoms with Crippen LogP contribution >= 0.6 is 0 Å². The Morgan fingerprint density at radius 3 is 2.57 bits per heavy atom. The smallest absolute Gasteiger partial charge is 0.361 e. The summed E-state index contributed by atoms with van der Waals surface area (Å²) in [4.78, 5) is 2.78. The first-order chi connectivity index (χ1) is 6.56. The minimum absolute atomic E-state index is 0.174. The molecule has 0 bridgehead atoms. The molecule has 0 atom stereocenters. The van der Waals surface area contributed by atoms with Gasteiger partial charge in [0.25, 0.3) is 0 Å². The van der Waals surface area contributed by atoms with Gasteiger partial charge >= 0.3 is 6.18 Å². The minimum Gasteiger partial charge on any atom is -0.361 e. The summed E-state index contributed by atoms with van der Waals surface area (Å²) in [6, 6.07) is 6.88. The number of aromatic nitrogens is 1. The van der Waals surface area contributed by atoms with Gasteiger partial charge in [-0.15, -0.1) is 0 Å². The SMILES string of the molecule is FC(F)(F)[CH]c1c[nH]c2ccccc12. The van der Waals surface area contributed by atoms with Crippen LogP contribution in [0.25, 0.3) is 10.9 Å². The molecule has 1 nitrogen and oxygen atoms in total. The van der Waals surface area contributed by atoms with Crippen LogP contribution in [0.2, 0.25) is 0 Å². The van der Waals surface area contributed by atoms with Crippen LogP contribution in [0.5, 0.6) is 0 Å². The summed E-state index contributed by atoms with van der Waals surface area (Å²) in [5, 5.41) is 0.588. The van der Waals surface area contributed by atoms with Crippen molar-refractivity contribution in [3.63, 3.8) is 0 Å². The molecule has 0 spiro atoms. The third kappa shape index (κ3) is 1.73. The van der Waals surface area contributed by atoms with Gasteiger partial charge in [0.1, 0.15) is 0 Å². The average molecular weight is 198 g/mol. The van der Waals surface area contributed by atoms with Gasteiger partial charge in [0.15, 0.2) is 0 Å². The fraction of sp³-hybridized carbons (Fsp3) is 0.100. The zero-order valence-electron chi connectivity index (χ0n) is 7.10. The standard InChI is InChI=1S/C10H7F3N/c11-10(12,13)5-7-6-14-9-4-2-1-3-8(7)9/h1-6,14H. The van der Waals surface area contributed by atoms with E-state index in [0.717, 1.165) is 0 Å². The van der Waals surface area contributed by atoms with E-state index in [4.69, 9.17) is 0 Å². The van der Waals surface area contributed by atoms with Crippen molar-refractivity contribution in [1.82, 2.24) is 4.98 Å². The van der Waals surface area contributed by atoms with Crippen molar-refractivity contribution < 1.29 is 13.2 Å². The number of benzene rings is 1. The molecule has 0 aliphatic heterocycles. The van der Waals surface area contributed by atoms with Crippen molar-refractivity contribution in [2.75, 3.05) is 0 Å². The van der Waals surface area contributed by atoms with Crippen LogP contribution in [0.1, 0.15) is 5.56 Å². The number of hydrogen-bond acceptors (Lipinski definition) is 0. The Morgan fingerprint density at radius 2 is 1.86 bits per heavy atom. The van der Waals surface area contributed by atoms with E-state index in [1.807, 2.05) is 0 Å². The zero-order valence-corrected chi connectivity index (χ0v) is 7.10. The second-order valence-electron chi connectivity index (χ2n) is 2.98. The number of alkyl halides is 3. The summed E-state index contributed by atoms with van der Waals surface area (Å²) in [5.74, 6) is 0. The molecule has 1 aromatic heterocycles. The van der Waals surface area contributed by atoms with Crippen molar-refractivity contribution in [3.8, 4) is 0 Å². The molecule has 1 N–H and O–H groups in total. The summed E-state index contributed by atoms with van der Waals surface area (Å²) < 4.78 is 36.2. The van der Waals surface area contributed by atoms with Gasteiger partial charge in [0.05, 0.1) is 6.42 Å². The van der Waals surface area contributed by atoms with Gasteiger partial charge in [0.2, 0.25) is 0 Å². The van der Waals surface area contributed by atoms with E-state index in [1.54, 1.807) is 24.3 Å². The minimum atomic E-state index is -4.27. The van der Waals surface area contributed by atoms with Crippen LogP contribution in [0, 0.1) is 6.42 Å². The number of hydrogen-bond donors (Lipinski definition) is 1. The molecule has 0 unspecified atom stereocenters. The highest BCUT2D eigenvalue weighted by Gasteiger charge is 2.29. The quantitative estimate of drug-likeness (QED) is 0.723. The highest BCUT2D eigenvalue weighted by atomic mass is 19.4. The Kier molecular flexibility index (Phi) is 1.98. The molecule has 14 heavy (non-hydrogen) atoms. The van der Waals surface area contributed by atoms with Gasteiger partial charge in [-0.05, 0) is 11.6 Å². The molecule has 1 heterocycles. The molecular formula is C10H7F3N. The first kappa shape index (κ1) is 9.12. The maximum atomic E-state index is 12.1. The summed E-state index contributed by atoms with van der Waals surface area (Å²) in [6.07, 6.45) is -2.62. The highest BCUT2D eigenvalue weighted by Crippen LogP contribution is 2.28. The van der Waals surface area contributed by atoms with Crippen LogP contribution in [0.4, 0.5) is 13.2 Å². The van der Waals surface area contributed by atoms with E-state index in [-0.39, 0.29) is 5.56 Å². The van der Waals surface area contributed by atoms with E-state index in [1.165, 1.54) is 6.20 Å². The molecule has 0 amide bonds. The van der Waals surface area contributed by atoms with Crippen molar-refractivity contribution in [2.45, 2.75) is 6.18 Å². The highest BCUT2D eigenvalue weighted by molar-refractivity contribution is 5.84. The van der Waals surface area contributed by atoms with Crippen LogP contribution in [0.3, 0.4) is 0 Å². The third-order valence-corrected chi connectivity index (χ3v) is 1.94. The number of nitrogens with one attached hydrogen (secondary N) is 1. The van der Waals surface area contributed by atoms with Gasteiger partial charge in [-0.3, -0.25) is 0 Å². The lowest BCUT2D eigenvalue weighted by atomic mass is 10.1. The van der Waals surface area contributed by atoms with E-state index in [2.05, 4.69) is 4.98 Å². The van der Waals surface area contributed by atoms with Crippen molar-refractivity contribution in [3.05, 3.63) is 42.4 Å². The normalized spacial score (nSPS) is 12.2. The fourth-order valence-corrected chi connectivity index (χ4v) is 1.39. The van der Waals surface area contributed by atoms with Gasteiger partial charge in [-0.1, -0.05) is 18.2 Å². The van der Waals surface area contributed by atoms with Crippen molar-refractivity contribution >= 4 is 10.9 Å². The number of H-pyrrole nitrogens is 1. The van der Waals surface area contributed by atoms with Gasteiger partial charge in [-0.2, -0.15) is 13.2 Å². The summed E-state index contributed by atoms with van der Waals surface area (Å²) in [7, 11) is 0. The number of para-hydroxylation sites is 1. The largest absolute Gasteiger partial charge is 0.396 e. The molecule has 4 heteroatoms. The van der Waals surface area contributed by atoms with Gasteiger partial charge < -0.3 is 4.98 Å². The molecule has 0 fully saturated rings. The molecule has 0 aliphatic carbocycles. The number of aromatic amines is 1. The topological polar surface area (TPSA) is 15.8 Å². The lowest BCUT2D eigenvalue weighted by molar-refractivity contribution is -0.0926. The first-order valence-corrected chi connectivity index (χ1v) is 4.05. The maximum absolute atomic E-state index is 12.1. The Labute approximate surface area is 78.5 Å². The van der Waals surface area contributed by atoms with E-state index < -0.39 is 6.18 Å². The maximum Gasteiger partial charge on any atom is 0.396 e. The second kappa shape index (κ2) is 3.04. The first-order valence-electron chi connectivity index (χ1n) is 4.05. The monoisotopic (exact) mass is 198 g/mol. The molecule has 2 rings (SSSR count). The van der Waals surface area contributed by atoms with E-state index in [9.17, 15) is 13.2 Å². The van der Waals surface area contributed by atoms with Crippen LogP contribution < -0.4 is 0 Å². The van der Waals surface area contributed by atoms with Crippen LogP contribution in [-0.2, 0) is 0 Å². The number of rotatable bonds is 1.